The van der Waals surface area contributed by atoms with Gasteiger partial charge in [-0.05, 0) is 38.3 Å². The SMILES string of the molecule is CCCC(C)(C=O)CN1CCC(C)CC1. The number of likely N-dealkylation sites (tertiary alicyclic amines) is 1. The fraction of sp³-hybridized carbons (Fsp3) is 0.923. The van der Waals surface area contributed by atoms with Gasteiger partial charge < -0.3 is 9.69 Å². The van der Waals surface area contributed by atoms with Gasteiger partial charge in [-0.25, -0.2) is 0 Å². The van der Waals surface area contributed by atoms with E-state index in [4.69, 9.17) is 0 Å². The molecule has 2 nitrogen and oxygen atoms in total. The van der Waals surface area contributed by atoms with E-state index in [1.807, 2.05) is 0 Å². The lowest BCUT2D eigenvalue weighted by atomic mass is 9.85. The first-order chi connectivity index (χ1) is 7.09. The van der Waals surface area contributed by atoms with Crippen molar-refractivity contribution in [1.82, 2.24) is 4.90 Å². The number of carbonyl (C=O) groups excluding carboxylic acids is 1. The predicted octanol–water partition coefficient (Wildman–Crippen LogP) is 2.72. The molecule has 1 aliphatic rings. The second kappa shape index (κ2) is 5.64. The molecule has 1 saturated heterocycles. The van der Waals surface area contributed by atoms with Crippen LogP contribution in [0.15, 0.2) is 0 Å². The standard InChI is InChI=1S/C13H25NO/c1-4-7-13(3,11-15)10-14-8-5-12(2)6-9-14/h11-12H,4-10H2,1-3H3. The molecule has 0 amide bonds. The third-order valence-electron chi connectivity index (χ3n) is 3.57. The summed E-state index contributed by atoms with van der Waals surface area (Å²) in [5.74, 6) is 0.870. The first-order valence-corrected chi connectivity index (χ1v) is 6.28. The molecule has 2 heteroatoms. The molecule has 1 aliphatic heterocycles. The molecule has 1 unspecified atom stereocenters. The zero-order valence-electron chi connectivity index (χ0n) is 10.5. The molecule has 1 heterocycles. The van der Waals surface area contributed by atoms with E-state index in [1.54, 1.807) is 0 Å². The molecule has 0 aromatic heterocycles. The molecular weight excluding hydrogens is 186 g/mol. The van der Waals surface area contributed by atoms with Gasteiger partial charge in [0.25, 0.3) is 0 Å². The number of piperidine rings is 1. The Bertz CT molecular complexity index is 197. The highest BCUT2D eigenvalue weighted by Gasteiger charge is 2.27. The lowest BCUT2D eigenvalue weighted by Crippen LogP contribution is -2.41. The topological polar surface area (TPSA) is 20.3 Å². The zero-order chi connectivity index (χ0) is 11.3. The van der Waals surface area contributed by atoms with Crippen LogP contribution >= 0.6 is 0 Å². The van der Waals surface area contributed by atoms with E-state index in [0.29, 0.717) is 0 Å². The second-order valence-electron chi connectivity index (χ2n) is 5.48. The van der Waals surface area contributed by atoms with Crippen molar-refractivity contribution < 1.29 is 4.79 Å². The van der Waals surface area contributed by atoms with Crippen LogP contribution in [0.4, 0.5) is 0 Å². The Morgan fingerprint density at radius 2 is 2.00 bits per heavy atom. The molecule has 88 valence electrons. The van der Waals surface area contributed by atoms with E-state index >= 15 is 0 Å². The van der Waals surface area contributed by atoms with Gasteiger partial charge in [0.05, 0.1) is 0 Å². The minimum atomic E-state index is -0.116. The summed E-state index contributed by atoms with van der Waals surface area (Å²) in [7, 11) is 0. The van der Waals surface area contributed by atoms with Gasteiger partial charge in [0.1, 0.15) is 6.29 Å². The van der Waals surface area contributed by atoms with Crippen LogP contribution in [-0.4, -0.2) is 30.8 Å². The molecule has 1 rings (SSSR count). The molecule has 15 heavy (non-hydrogen) atoms. The molecular formula is C13H25NO. The Morgan fingerprint density at radius 1 is 1.40 bits per heavy atom. The van der Waals surface area contributed by atoms with E-state index in [2.05, 4.69) is 25.7 Å². The molecule has 0 radical (unpaired) electrons. The summed E-state index contributed by atoms with van der Waals surface area (Å²) >= 11 is 0. The highest BCUT2D eigenvalue weighted by atomic mass is 16.1. The number of aldehydes is 1. The lowest BCUT2D eigenvalue weighted by molar-refractivity contribution is -0.117. The summed E-state index contributed by atoms with van der Waals surface area (Å²) < 4.78 is 0. The Kier molecular flexibility index (Phi) is 4.78. The maximum absolute atomic E-state index is 11.1. The van der Waals surface area contributed by atoms with Crippen LogP contribution in [0.3, 0.4) is 0 Å². The van der Waals surface area contributed by atoms with Gasteiger partial charge in [0, 0.05) is 12.0 Å². The zero-order valence-corrected chi connectivity index (χ0v) is 10.5. The molecule has 0 N–H and O–H groups in total. The molecule has 0 saturated carbocycles. The second-order valence-corrected chi connectivity index (χ2v) is 5.48. The lowest BCUT2D eigenvalue weighted by Gasteiger charge is -2.35. The van der Waals surface area contributed by atoms with E-state index in [9.17, 15) is 4.79 Å². The van der Waals surface area contributed by atoms with Crippen LogP contribution < -0.4 is 0 Å². The van der Waals surface area contributed by atoms with Crippen LogP contribution in [0.5, 0.6) is 0 Å². The minimum Gasteiger partial charge on any atom is -0.303 e. The van der Waals surface area contributed by atoms with E-state index < -0.39 is 0 Å². The summed E-state index contributed by atoms with van der Waals surface area (Å²) in [5, 5.41) is 0. The number of hydrogen-bond acceptors (Lipinski definition) is 2. The van der Waals surface area contributed by atoms with Gasteiger partial charge >= 0.3 is 0 Å². The van der Waals surface area contributed by atoms with Crippen LogP contribution in [0.2, 0.25) is 0 Å². The average Bonchev–Trinajstić information content (AvgIpc) is 2.22. The summed E-state index contributed by atoms with van der Waals surface area (Å²) in [6, 6.07) is 0. The van der Waals surface area contributed by atoms with Gasteiger partial charge in [0.15, 0.2) is 0 Å². The highest BCUT2D eigenvalue weighted by molar-refractivity contribution is 5.59. The molecule has 0 aromatic carbocycles. The fourth-order valence-corrected chi connectivity index (χ4v) is 2.48. The summed E-state index contributed by atoms with van der Waals surface area (Å²) in [5.41, 5.74) is -0.116. The predicted molar refractivity (Wildman–Crippen MR) is 63.9 cm³/mol. The molecule has 0 bridgehead atoms. The molecule has 0 aliphatic carbocycles. The van der Waals surface area contributed by atoms with Crippen LogP contribution in [-0.2, 0) is 4.79 Å². The number of rotatable bonds is 5. The first-order valence-electron chi connectivity index (χ1n) is 6.28. The van der Waals surface area contributed by atoms with Gasteiger partial charge in [-0.3, -0.25) is 0 Å². The summed E-state index contributed by atoms with van der Waals surface area (Å²) in [4.78, 5) is 13.6. The minimum absolute atomic E-state index is 0.116. The Morgan fingerprint density at radius 3 is 2.47 bits per heavy atom. The van der Waals surface area contributed by atoms with Crippen LogP contribution in [0.25, 0.3) is 0 Å². The van der Waals surface area contributed by atoms with Crippen LogP contribution in [0, 0.1) is 11.3 Å². The van der Waals surface area contributed by atoms with Gasteiger partial charge in [-0.15, -0.1) is 0 Å². The van der Waals surface area contributed by atoms with E-state index in [1.165, 1.54) is 25.9 Å². The number of hydrogen-bond donors (Lipinski definition) is 0. The van der Waals surface area contributed by atoms with E-state index in [0.717, 1.165) is 31.6 Å². The third kappa shape index (κ3) is 3.94. The average molecular weight is 211 g/mol. The van der Waals surface area contributed by atoms with Crippen molar-refractivity contribution in [1.29, 1.82) is 0 Å². The van der Waals surface area contributed by atoms with Gasteiger partial charge in [-0.1, -0.05) is 27.2 Å². The van der Waals surface area contributed by atoms with Crippen molar-refractivity contribution in [2.45, 2.75) is 46.5 Å². The maximum Gasteiger partial charge on any atom is 0.127 e. The number of carbonyl (C=O) groups is 1. The largest absolute Gasteiger partial charge is 0.303 e. The molecule has 0 aromatic rings. The summed E-state index contributed by atoms with van der Waals surface area (Å²) in [6.45, 7) is 9.88. The Hall–Kier alpha value is -0.370. The van der Waals surface area contributed by atoms with Gasteiger partial charge in [0.2, 0.25) is 0 Å². The monoisotopic (exact) mass is 211 g/mol. The molecule has 0 spiro atoms. The maximum atomic E-state index is 11.1. The third-order valence-corrected chi connectivity index (χ3v) is 3.57. The van der Waals surface area contributed by atoms with Crippen LogP contribution in [0.1, 0.15) is 46.5 Å². The normalized spacial score (nSPS) is 23.7. The van der Waals surface area contributed by atoms with E-state index in [-0.39, 0.29) is 5.41 Å². The highest BCUT2D eigenvalue weighted by Crippen LogP contribution is 2.25. The smallest absolute Gasteiger partial charge is 0.127 e. The quantitative estimate of drug-likeness (QED) is 0.652. The van der Waals surface area contributed by atoms with Crippen molar-refractivity contribution in [2.75, 3.05) is 19.6 Å². The van der Waals surface area contributed by atoms with Crippen molar-refractivity contribution in [3.63, 3.8) is 0 Å². The molecule has 1 fully saturated rings. The van der Waals surface area contributed by atoms with Gasteiger partial charge in [-0.2, -0.15) is 0 Å². The number of nitrogens with zero attached hydrogens (tertiary/aromatic N) is 1. The van der Waals surface area contributed by atoms with Crippen molar-refractivity contribution >= 4 is 6.29 Å². The summed E-state index contributed by atoms with van der Waals surface area (Å²) in [6.07, 6.45) is 5.86. The van der Waals surface area contributed by atoms with Crippen molar-refractivity contribution in [3.05, 3.63) is 0 Å². The molecule has 1 atom stereocenters. The van der Waals surface area contributed by atoms with Crippen molar-refractivity contribution in [3.8, 4) is 0 Å². The fourth-order valence-electron chi connectivity index (χ4n) is 2.48. The first kappa shape index (κ1) is 12.7. The Balaban J connectivity index is 2.41. The van der Waals surface area contributed by atoms with Crippen molar-refractivity contribution in [2.24, 2.45) is 11.3 Å². The Labute approximate surface area is 94.0 Å².